The van der Waals surface area contributed by atoms with Crippen molar-refractivity contribution in [3.63, 3.8) is 0 Å². The molecule has 2 unspecified atom stereocenters. The standard InChI is InChI=1S/C20H29N5O3/c1-16(17-6-8-18(9-7-17)25-15-21-14-23-25)24(2)20(26)22-10-4-11-27-13-19-5-3-12-28-19/h6-9,14-16,19H,3-5,10-13H2,1-2H3,(H,22,26). The van der Waals surface area contributed by atoms with Crippen LogP contribution in [0.25, 0.3) is 5.69 Å². The number of rotatable bonds is 9. The number of nitrogens with one attached hydrogen (secondary N) is 1. The van der Waals surface area contributed by atoms with Gasteiger partial charge in [0, 0.05) is 26.8 Å². The lowest BCUT2D eigenvalue weighted by atomic mass is 10.1. The van der Waals surface area contributed by atoms with Crippen molar-refractivity contribution < 1.29 is 14.3 Å². The molecular weight excluding hydrogens is 358 g/mol. The maximum Gasteiger partial charge on any atom is 0.317 e. The number of hydrogen-bond donors (Lipinski definition) is 1. The molecule has 8 heteroatoms. The lowest BCUT2D eigenvalue weighted by molar-refractivity contribution is 0.0167. The molecular formula is C20H29N5O3. The van der Waals surface area contributed by atoms with E-state index in [9.17, 15) is 4.79 Å². The maximum absolute atomic E-state index is 12.4. The van der Waals surface area contributed by atoms with Crippen LogP contribution >= 0.6 is 0 Å². The summed E-state index contributed by atoms with van der Waals surface area (Å²) < 4.78 is 12.8. The van der Waals surface area contributed by atoms with Gasteiger partial charge in [0.2, 0.25) is 0 Å². The van der Waals surface area contributed by atoms with Gasteiger partial charge in [-0.25, -0.2) is 14.5 Å². The molecule has 1 aliphatic rings. The zero-order valence-electron chi connectivity index (χ0n) is 16.6. The van der Waals surface area contributed by atoms with Crippen LogP contribution < -0.4 is 5.32 Å². The number of amides is 2. The molecule has 1 fully saturated rings. The number of urea groups is 1. The van der Waals surface area contributed by atoms with Crippen molar-refractivity contribution in [2.24, 2.45) is 0 Å². The normalized spacial score (nSPS) is 17.4. The highest BCUT2D eigenvalue weighted by Gasteiger charge is 2.17. The molecule has 0 spiro atoms. The summed E-state index contributed by atoms with van der Waals surface area (Å²) in [7, 11) is 1.80. The monoisotopic (exact) mass is 387 g/mol. The lowest BCUT2D eigenvalue weighted by Crippen LogP contribution is -2.39. The number of ether oxygens (including phenoxy) is 2. The first-order chi connectivity index (χ1) is 13.6. The topological polar surface area (TPSA) is 81.5 Å². The zero-order valence-corrected chi connectivity index (χ0v) is 16.6. The van der Waals surface area contributed by atoms with Crippen molar-refractivity contribution in [2.45, 2.75) is 38.3 Å². The predicted octanol–water partition coefficient (Wildman–Crippen LogP) is 2.56. The van der Waals surface area contributed by atoms with Crippen LogP contribution in [0.3, 0.4) is 0 Å². The van der Waals surface area contributed by atoms with Gasteiger partial charge in [0.05, 0.1) is 24.4 Å². The first kappa shape index (κ1) is 20.3. The fourth-order valence-electron chi connectivity index (χ4n) is 3.13. The Bertz CT molecular complexity index is 714. The molecule has 152 valence electrons. The van der Waals surface area contributed by atoms with Crippen molar-refractivity contribution in [3.05, 3.63) is 42.5 Å². The van der Waals surface area contributed by atoms with Crippen molar-refractivity contribution in [3.8, 4) is 5.69 Å². The summed E-state index contributed by atoms with van der Waals surface area (Å²) in [6, 6.07) is 7.82. The Kier molecular flexibility index (Phi) is 7.39. The van der Waals surface area contributed by atoms with Crippen LogP contribution in [0.2, 0.25) is 0 Å². The largest absolute Gasteiger partial charge is 0.379 e. The van der Waals surface area contributed by atoms with Crippen LogP contribution in [-0.4, -0.2) is 65.2 Å². The van der Waals surface area contributed by atoms with E-state index in [2.05, 4.69) is 15.4 Å². The molecule has 2 aromatic rings. The smallest absolute Gasteiger partial charge is 0.317 e. The van der Waals surface area contributed by atoms with E-state index >= 15 is 0 Å². The molecule has 0 saturated carbocycles. The van der Waals surface area contributed by atoms with Gasteiger partial charge in [-0.1, -0.05) is 12.1 Å². The molecule has 2 amide bonds. The summed E-state index contributed by atoms with van der Waals surface area (Å²) in [6.45, 7) is 4.72. The highest BCUT2D eigenvalue weighted by atomic mass is 16.5. The van der Waals surface area contributed by atoms with E-state index in [1.165, 1.54) is 6.33 Å². The highest BCUT2D eigenvalue weighted by molar-refractivity contribution is 5.74. The van der Waals surface area contributed by atoms with E-state index < -0.39 is 0 Å². The van der Waals surface area contributed by atoms with E-state index in [0.29, 0.717) is 19.8 Å². The Hall–Kier alpha value is -2.45. The van der Waals surface area contributed by atoms with Crippen molar-refractivity contribution >= 4 is 6.03 Å². The van der Waals surface area contributed by atoms with Crippen LogP contribution in [0, 0.1) is 0 Å². The molecule has 0 radical (unpaired) electrons. The van der Waals surface area contributed by atoms with E-state index in [1.54, 1.807) is 23.0 Å². The molecule has 28 heavy (non-hydrogen) atoms. The summed E-state index contributed by atoms with van der Waals surface area (Å²) in [5, 5.41) is 7.06. The molecule has 2 atom stereocenters. The van der Waals surface area contributed by atoms with Gasteiger partial charge in [0.25, 0.3) is 0 Å². The second-order valence-electron chi connectivity index (χ2n) is 7.01. The number of carbonyl (C=O) groups is 1. The Labute approximate surface area is 165 Å². The van der Waals surface area contributed by atoms with Gasteiger partial charge in [-0.2, -0.15) is 5.10 Å². The molecule has 1 N–H and O–H groups in total. The SMILES string of the molecule is CC(c1ccc(-n2cncn2)cc1)N(C)C(=O)NCCCOCC1CCCO1. The fraction of sp³-hybridized carbons (Fsp3) is 0.550. The second-order valence-corrected chi connectivity index (χ2v) is 7.01. The number of hydrogen-bond acceptors (Lipinski definition) is 5. The second kappa shape index (κ2) is 10.2. The van der Waals surface area contributed by atoms with E-state index in [0.717, 1.165) is 37.1 Å². The van der Waals surface area contributed by atoms with Crippen LogP contribution in [0.4, 0.5) is 4.79 Å². The summed E-state index contributed by atoms with van der Waals surface area (Å²) >= 11 is 0. The van der Waals surface area contributed by atoms with Crippen LogP contribution in [0.5, 0.6) is 0 Å². The minimum Gasteiger partial charge on any atom is -0.379 e. The number of benzene rings is 1. The van der Waals surface area contributed by atoms with E-state index in [-0.39, 0.29) is 18.2 Å². The quantitative estimate of drug-likeness (QED) is 0.669. The van der Waals surface area contributed by atoms with E-state index in [1.807, 2.05) is 31.2 Å². The Morgan fingerprint density at radius 3 is 2.93 bits per heavy atom. The van der Waals surface area contributed by atoms with Crippen LogP contribution in [-0.2, 0) is 9.47 Å². The molecule has 1 aliphatic heterocycles. The lowest BCUT2D eigenvalue weighted by Gasteiger charge is -2.25. The first-order valence-electron chi connectivity index (χ1n) is 9.80. The number of carbonyl (C=O) groups excluding carboxylic acids is 1. The molecule has 8 nitrogen and oxygen atoms in total. The maximum atomic E-state index is 12.4. The third-order valence-electron chi connectivity index (χ3n) is 5.03. The van der Waals surface area contributed by atoms with E-state index in [4.69, 9.17) is 9.47 Å². The first-order valence-corrected chi connectivity index (χ1v) is 9.80. The van der Waals surface area contributed by atoms with Gasteiger partial charge in [-0.3, -0.25) is 0 Å². The Balaban J connectivity index is 1.37. The van der Waals surface area contributed by atoms with Gasteiger partial charge in [0.15, 0.2) is 0 Å². The third-order valence-corrected chi connectivity index (χ3v) is 5.03. The average molecular weight is 387 g/mol. The summed E-state index contributed by atoms with van der Waals surface area (Å²) in [6.07, 6.45) is 6.40. The predicted molar refractivity (Wildman–Crippen MR) is 105 cm³/mol. The highest BCUT2D eigenvalue weighted by Crippen LogP contribution is 2.20. The summed E-state index contributed by atoms with van der Waals surface area (Å²) in [4.78, 5) is 18.0. The van der Waals surface area contributed by atoms with Gasteiger partial charge in [-0.05, 0) is 43.9 Å². The molecule has 1 aromatic heterocycles. The molecule has 0 bridgehead atoms. The fourth-order valence-corrected chi connectivity index (χ4v) is 3.13. The van der Waals surface area contributed by atoms with Crippen LogP contribution in [0.1, 0.15) is 37.8 Å². The van der Waals surface area contributed by atoms with Crippen molar-refractivity contribution in [1.29, 1.82) is 0 Å². The molecule has 1 aromatic carbocycles. The summed E-state index contributed by atoms with van der Waals surface area (Å²) in [5.74, 6) is 0. The van der Waals surface area contributed by atoms with Gasteiger partial charge in [-0.15, -0.1) is 0 Å². The molecule has 0 aliphatic carbocycles. The van der Waals surface area contributed by atoms with Gasteiger partial charge in [0.1, 0.15) is 12.7 Å². The van der Waals surface area contributed by atoms with Crippen molar-refractivity contribution in [2.75, 3.05) is 33.4 Å². The Morgan fingerprint density at radius 2 is 2.25 bits per heavy atom. The van der Waals surface area contributed by atoms with Crippen LogP contribution in [0.15, 0.2) is 36.9 Å². The minimum atomic E-state index is -0.0908. The average Bonchev–Trinajstić information content (AvgIpc) is 3.43. The molecule has 1 saturated heterocycles. The minimum absolute atomic E-state index is 0.0411. The summed E-state index contributed by atoms with van der Waals surface area (Å²) in [5.41, 5.74) is 1.99. The molecule has 2 heterocycles. The number of nitrogens with zero attached hydrogens (tertiary/aromatic N) is 4. The third kappa shape index (κ3) is 5.53. The number of aromatic nitrogens is 3. The Morgan fingerprint density at radius 1 is 1.43 bits per heavy atom. The van der Waals surface area contributed by atoms with Gasteiger partial charge >= 0.3 is 6.03 Å². The molecule has 3 rings (SSSR count). The zero-order chi connectivity index (χ0) is 19.8. The van der Waals surface area contributed by atoms with Crippen molar-refractivity contribution in [1.82, 2.24) is 25.0 Å². The van der Waals surface area contributed by atoms with Gasteiger partial charge < -0.3 is 19.7 Å².